The highest BCUT2D eigenvalue weighted by atomic mass is 35.5. The molecule has 0 saturated heterocycles. The first kappa shape index (κ1) is 8.46. The number of hydrogen-bond acceptors (Lipinski definition) is 3. The lowest BCUT2D eigenvalue weighted by molar-refractivity contribution is -0.123. The third-order valence-electron chi connectivity index (χ3n) is 1.70. The zero-order valence-electron chi connectivity index (χ0n) is 5.99. The minimum Gasteiger partial charge on any atom is -0.351 e. The first-order valence-electron chi connectivity index (χ1n) is 3.53. The van der Waals surface area contributed by atoms with Gasteiger partial charge in [-0.15, -0.1) is 12.4 Å². The van der Waals surface area contributed by atoms with Gasteiger partial charge in [0.25, 0.3) is 0 Å². The maximum atomic E-state index is 11.0. The molecule has 2 aliphatic rings. The topological polar surface area (TPSA) is 53.8 Å². The van der Waals surface area contributed by atoms with E-state index in [1.54, 1.807) is 0 Å². The summed E-state index contributed by atoms with van der Waals surface area (Å²) >= 11 is 0. The molecule has 4 nitrogen and oxygen atoms in total. The molecule has 2 rings (SSSR count). The van der Waals surface area contributed by atoms with E-state index in [1.165, 1.54) is 0 Å². The Morgan fingerprint density at radius 2 is 2.09 bits per heavy atom. The highest BCUT2D eigenvalue weighted by Crippen LogP contribution is 2.19. The van der Waals surface area contributed by atoms with Crippen molar-refractivity contribution in [1.82, 2.24) is 5.32 Å². The van der Waals surface area contributed by atoms with E-state index >= 15 is 0 Å². The summed E-state index contributed by atoms with van der Waals surface area (Å²) in [5.41, 5.74) is 0. The molecule has 1 fully saturated rings. The zero-order valence-corrected chi connectivity index (χ0v) is 6.80. The maximum Gasteiger partial charge on any atom is 0.248 e. The van der Waals surface area contributed by atoms with Crippen LogP contribution in [0.4, 0.5) is 0 Å². The molecule has 11 heavy (non-hydrogen) atoms. The average Bonchev–Trinajstić information content (AvgIpc) is 2.43. The van der Waals surface area contributed by atoms with Crippen LogP contribution >= 0.6 is 12.4 Å². The van der Waals surface area contributed by atoms with Gasteiger partial charge >= 0.3 is 0 Å². The van der Waals surface area contributed by atoms with E-state index in [0.717, 1.165) is 12.8 Å². The number of azo groups is 1. The van der Waals surface area contributed by atoms with E-state index in [0.29, 0.717) is 12.6 Å². The van der Waals surface area contributed by atoms with Gasteiger partial charge in [0.05, 0.1) is 6.54 Å². The summed E-state index contributed by atoms with van der Waals surface area (Å²) in [7, 11) is 0. The summed E-state index contributed by atoms with van der Waals surface area (Å²) < 4.78 is 0. The maximum absolute atomic E-state index is 11.0. The van der Waals surface area contributed by atoms with Crippen LogP contribution in [0.1, 0.15) is 12.8 Å². The molecule has 0 bridgehead atoms. The molecule has 1 atom stereocenters. The van der Waals surface area contributed by atoms with Crippen molar-refractivity contribution in [3.05, 3.63) is 0 Å². The SMILES string of the molecule is Cl.O=C(NC1CC1)C1CN=N1. The summed E-state index contributed by atoms with van der Waals surface area (Å²) in [4.78, 5) is 11.0. The van der Waals surface area contributed by atoms with Crippen LogP contribution in [-0.4, -0.2) is 24.5 Å². The summed E-state index contributed by atoms with van der Waals surface area (Å²) in [6, 6.07) is 0.281. The van der Waals surface area contributed by atoms with Crippen LogP contribution in [0.25, 0.3) is 0 Å². The Kier molecular flexibility index (Phi) is 2.44. The predicted molar refractivity (Wildman–Crippen MR) is 41.9 cm³/mol. The molecule has 1 heterocycles. The molecule has 0 radical (unpaired) electrons. The Morgan fingerprint density at radius 1 is 1.45 bits per heavy atom. The van der Waals surface area contributed by atoms with Gasteiger partial charge in [-0.25, -0.2) is 0 Å². The van der Waals surface area contributed by atoms with Gasteiger partial charge in [-0.05, 0) is 12.8 Å². The molecule has 62 valence electrons. The molecular weight excluding hydrogens is 166 g/mol. The average molecular weight is 176 g/mol. The largest absolute Gasteiger partial charge is 0.351 e. The molecule has 5 heteroatoms. The number of amides is 1. The minimum atomic E-state index is -0.166. The Balaban J connectivity index is 0.000000605. The number of hydrogen-bond donors (Lipinski definition) is 1. The van der Waals surface area contributed by atoms with E-state index in [2.05, 4.69) is 15.5 Å². The highest BCUT2D eigenvalue weighted by Gasteiger charge is 2.29. The van der Waals surface area contributed by atoms with Gasteiger partial charge in [0.15, 0.2) is 6.04 Å². The molecule has 0 aromatic carbocycles. The van der Waals surface area contributed by atoms with E-state index in [1.807, 2.05) is 0 Å². The van der Waals surface area contributed by atoms with Crippen molar-refractivity contribution < 1.29 is 4.79 Å². The fraction of sp³-hybridized carbons (Fsp3) is 0.833. The van der Waals surface area contributed by atoms with E-state index in [9.17, 15) is 4.79 Å². The second-order valence-electron chi connectivity index (χ2n) is 2.74. The summed E-state index contributed by atoms with van der Waals surface area (Å²) in [6.45, 7) is 0.582. The molecule has 1 saturated carbocycles. The molecule has 0 spiro atoms. The normalized spacial score (nSPS) is 26.7. The van der Waals surface area contributed by atoms with Gasteiger partial charge in [0, 0.05) is 6.04 Å². The first-order chi connectivity index (χ1) is 4.86. The van der Waals surface area contributed by atoms with Crippen LogP contribution in [0.5, 0.6) is 0 Å². The fourth-order valence-corrected chi connectivity index (χ4v) is 0.824. The highest BCUT2D eigenvalue weighted by molar-refractivity contribution is 5.85. The molecule has 1 aliphatic carbocycles. The van der Waals surface area contributed by atoms with Crippen molar-refractivity contribution in [2.45, 2.75) is 24.9 Å². The quantitative estimate of drug-likeness (QED) is 0.654. The second kappa shape index (κ2) is 3.17. The van der Waals surface area contributed by atoms with Crippen molar-refractivity contribution in [3.8, 4) is 0 Å². The summed E-state index contributed by atoms with van der Waals surface area (Å²) in [6.07, 6.45) is 2.27. The Labute approximate surface area is 70.9 Å². The van der Waals surface area contributed by atoms with Crippen molar-refractivity contribution in [2.24, 2.45) is 10.2 Å². The number of carbonyl (C=O) groups excluding carboxylic acids is 1. The van der Waals surface area contributed by atoms with Gasteiger partial charge in [0.2, 0.25) is 5.91 Å². The molecule has 1 aliphatic heterocycles. The minimum absolute atomic E-state index is 0. The zero-order chi connectivity index (χ0) is 6.97. The van der Waals surface area contributed by atoms with Crippen molar-refractivity contribution >= 4 is 18.3 Å². The number of nitrogens with one attached hydrogen (secondary N) is 1. The van der Waals surface area contributed by atoms with Crippen molar-refractivity contribution in [2.75, 3.05) is 6.54 Å². The van der Waals surface area contributed by atoms with Crippen LogP contribution in [0, 0.1) is 0 Å². The molecule has 0 aromatic rings. The third kappa shape index (κ3) is 1.89. The molecule has 1 unspecified atom stereocenters. The predicted octanol–water partition coefficient (Wildman–Crippen LogP) is 0.521. The van der Waals surface area contributed by atoms with E-state index < -0.39 is 0 Å². The lowest BCUT2D eigenvalue weighted by Gasteiger charge is -2.13. The van der Waals surface area contributed by atoms with E-state index in [4.69, 9.17) is 0 Å². The lowest BCUT2D eigenvalue weighted by atomic mass is 10.2. The summed E-state index contributed by atoms with van der Waals surface area (Å²) in [5.74, 6) is 0.0532. The third-order valence-corrected chi connectivity index (χ3v) is 1.70. The van der Waals surface area contributed by atoms with Crippen LogP contribution in [0.15, 0.2) is 10.2 Å². The lowest BCUT2D eigenvalue weighted by Crippen LogP contribution is -2.39. The van der Waals surface area contributed by atoms with Gasteiger partial charge < -0.3 is 5.32 Å². The van der Waals surface area contributed by atoms with Crippen LogP contribution < -0.4 is 5.32 Å². The number of rotatable bonds is 2. The van der Waals surface area contributed by atoms with E-state index in [-0.39, 0.29) is 24.4 Å². The monoisotopic (exact) mass is 175 g/mol. The summed E-state index contributed by atoms with van der Waals surface area (Å²) in [5, 5.41) is 10.1. The second-order valence-corrected chi connectivity index (χ2v) is 2.74. The number of halogens is 1. The standard InChI is InChI=1S/C6H9N3O.ClH/c10-6(5-3-7-9-5)8-4-1-2-4;/h4-5H,1-3H2,(H,8,10);1H. The Morgan fingerprint density at radius 3 is 2.45 bits per heavy atom. The van der Waals surface area contributed by atoms with Crippen LogP contribution in [0.3, 0.4) is 0 Å². The Bertz CT molecular complexity index is 190. The van der Waals surface area contributed by atoms with Crippen LogP contribution in [-0.2, 0) is 4.79 Å². The van der Waals surface area contributed by atoms with Gasteiger partial charge in [-0.1, -0.05) is 0 Å². The van der Waals surface area contributed by atoms with Crippen LogP contribution in [0.2, 0.25) is 0 Å². The molecule has 0 aromatic heterocycles. The number of carbonyl (C=O) groups is 1. The van der Waals surface area contributed by atoms with Crippen molar-refractivity contribution in [1.29, 1.82) is 0 Å². The fourth-order valence-electron chi connectivity index (χ4n) is 0.824. The van der Waals surface area contributed by atoms with Gasteiger partial charge in [0.1, 0.15) is 0 Å². The van der Waals surface area contributed by atoms with Gasteiger partial charge in [-0.3, -0.25) is 4.79 Å². The van der Waals surface area contributed by atoms with Gasteiger partial charge in [-0.2, -0.15) is 10.2 Å². The first-order valence-corrected chi connectivity index (χ1v) is 3.53. The smallest absolute Gasteiger partial charge is 0.248 e. The van der Waals surface area contributed by atoms with Crippen molar-refractivity contribution in [3.63, 3.8) is 0 Å². The molecule has 1 amide bonds. The number of nitrogens with zero attached hydrogens (tertiary/aromatic N) is 2. The molecular formula is C6H10ClN3O. The Hall–Kier alpha value is -0.640. The molecule has 1 N–H and O–H groups in total.